The molecular weight excluding hydrogens is 342 g/mol. The van der Waals surface area contributed by atoms with Crippen LogP contribution in [0.5, 0.6) is 0 Å². The fraction of sp³-hybridized carbons (Fsp3) is 0.533. The fourth-order valence-corrected chi connectivity index (χ4v) is 4.36. The molecule has 0 aromatic carbocycles. The minimum Gasteiger partial charge on any atom is -0.364 e. The van der Waals surface area contributed by atoms with Gasteiger partial charge in [-0.25, -0.2) is 4.98 Å². The number of nitrogens with two attached hydrogens (primary N) is 1. The molecule has 132 valence electrons. The van der Waals surface area contributed by atoms with Crippen LogP contribution in [-0.2, 0) is 11.3 Å². The summed E-state index contributed by atoms with van der Waals surface area (Å²) >= 11 is 1.43. The molecule has 9 nitrogen and oxygen atoms in total. The smallest absolute Gasteiger partial charge is 0.270 e. The SMILES string of the molecule is NC(=O)c1cn(C[C@H]2C[C@H]3CCN2C[C@H]3C(=O)Nc2nccs2)nn1. The molecule has 0 spiro atoms. The third-order valence-corrected chi connectivity index (χ3v) is 5.76. The summed E-state index contributed by atoms with van der Waals surface area (Å²) in [5.41, 5.74) is 5.39. The summed E-state index contributed by atoms with van der Waals surface area (Å²) < 4.78 is 1.66. The molecule has 1 unspecified atom stereocenters. The van der Waals surface area contributed by atoms with E-state index in [1.807, 2.05) is 5.38 Å². The van der Waals surface area contributed by atoms with Gasteiger partial charge in [0.05, 0.1) is 18.7 Å². The van der Waals surface area contributed by atoms with E-state index in [0.717, 1.165) is 25.9 Å². The maximum atomic E-state index is 12.5. The van der Waals surface area contributed by atoms with Crippen molar-refractivity contribution in [3.05, 3.63) is 23.5 Å². The zero-order chi connectivity index (χ0) is 17.4. The van der Waals surface area contributed by atoms with Gasteiger partial charge in [0.2, 0.25) is 5.91 Å². The highest BCUT2D eigenvalue weighted by Crippen LogP contribution is 2.37. The number of nitrogens with one attached hydrogen (secondary N) is 1. The van der Waals surface area contributed by atoms with Gasteiger partial charge in [0.25, 0.3) is 5.91 Å². The predicted octanol–water partition coefficient (Wildman–Crippen LogP) is 0.183. The molecule has 3 fully saturated rings. The van der Waals surface area contributed by atoms with Crippen LogP contribution in [0.25, 0.3) is 0 Å². The highest BCUT2D eigenvalue weighted by molar-refractivity contribution is 7.13. The van der Waals surface area contributed by atoms with Crippen LogP contribution in [0.2, 0.25) is 0 Å². The third kappa shape index (κ3) is 3.27. The Labute approximate surface area is 148 Å². The van der Waals surface area contributed by atoms with Gasteiger partial charge in [-0.15, -0.1) is 16.4 Å². The Hall–Kier alpha value is -2.33. The lowest BCUT2D eigenvalue weighted by Crippen LogP contribution is -2.57. The summed E-state index contributed by atoms with van der Waals surface area (Å²) in [7, 11) is 0. The van der Waals surface area contributed by atoms with Gasteiger partial charge in [-0.3, -0.25) is 19.2 Å². The van der Waals surface area contributed by atoms with Crippen LogP contribution in [0.1, 0.15) is 23.3 Å². The molecule has 2 bridgehead atoms. The van der Waals surface area contributed by atoms with Crippen LogP contribution < -0.4 is 11.1 Å². The summed E-state index contributed by atoms with van der Waals surface area (Å²) in [6.07, 6.45) is 5.22. The number of primary amides is 1. The number of piperidine rings is 3. The van der Waals surface area contributed by atoms with E-state index in [-0.39, 0.29) is 17.5 Å². The van der Waals surface area contributed by atoms with Gasteiger partial charge >= 0.3 is 0 Å². The molecule has 5 heterocycles. The van der Waals surface area contributed by atoms with Gasteiger partial charge < -0.3 is 11.1 Å². The Morgan fingerprint density at radius 2 is 2.32 bits per heavy atom. The quantitative estimate of drug-likeness (QED) is 0.784. The normalized spacial score (nSPS) is 28.0. The van der Waals surface area contributed by atoms with E-state index in [1.54, 1.807) is 17.1 Å². The molecule has 2 aromatic heterocycles. The second kappa shape index (κ2) is 6.52. The number of hydrogen-bond donors (Lipinski definition) is 2. The fourth-order valence-electron chi connectivity index (χ4n) is 3.82. The van der Waals surface area contributed by atoms with Crippen LogP contribution in [0.15, 0.2) is 17.8 Å². The van der Waals surface area contributed by atoms with E-state index in [4.69, 9.17) is 5.73 Å². The van der Waals surface area contributed by atoms with Crippen molar-refractivity contribution in [3.63, 3.8) is 0 Å². The Bertz CT molecular complexity index is 775. The molecule has 3 aliphatic heterocycles. The van der Waals surface area contributed by atoms with Crippen molar-refractivity contribution in [3.8, 4) is 0 Å². The summed E-state index contributed by atoms with van der Waals surface area (Å²) in [5.74, 6) is -0.171. The number of anilines is 1. The lowest BCUT2D eigenvalue weighted by molar-refractivity contribution is -0.127. The number of amides is 2. The van der Waals surface area contributed by atoms with E-state index in [0.29, 0.717) is 23.6 Å². The second-order valence-corrected chi connectivity index (χ2v) is 7.45. The van der Waals surface area contributed by atoms with Crippen LogP contribution in [-0.4, -0.2) is 55.8 Å². The lowest BCUT2D eigenvalue weighted by Gasteiger charge is -2.49. The Balaban J connectivity index is 1.39. The Morgan fingerprint density at radius 1 is 1.44 bits per heavy atom. The first kappa shape index (κ1) is 16.2. The monoisotopic (exact) mass is 361 g/mol. The van der Waals surface area contributed by atoms with Crippen molar-refractivity contribution in [2.45, 2.75) is 25.4 Å². The van der Waals surface area contributed by atoms with Gasteiger partial charge in [-0.2, -0.15) is 0 Å². The molecule has 5 rings (SSSR count). The minimum absolute atomic E-state index is 0.00849. The number of carbonyl (C=O) groups is 2. The molecule has 4 atom stereocenters. The average molecular weight is 361 g/mol. The zero-order valence-corrected chi connectivity index (χ0v) is 14.4. The Morgan fingerprint density at radius 3 is 2.96 bits per heavy atom. The van der Waals surface area contributed by atoms with Crippen LogP contribution in [0.4, 0.5) is 5.13 Å². The van der Waals surface area contributed by atoms with E-state index < -0.39 is 5.91 Å². The second-order valence-electron chi connectivity index (χ2n) is 6.56. The first-order chi connectivity index (χ1) is 12.1. The number of carbonyl (C=O) groups excluding carboxylic acids is 2. The first-order valence-electron chi connectivity index (χ1n) is 8.24. The molecule has 0 saturated carbocycles. The van der Waals surface area contributed by atoms with Crippen molar-refractivity contribution in [2.75, 3.05) is 18.4 Å². The van der Waals surface area contributed by atoms with Gasteiger partial charge in [-0.05, 0) is 25.3 Å². The minimum atomic E-state index is -0.573. The van der Waals surface area contributed by atoms with E-state index >= 15 is 0 Å². The zero-order valence-electron chi connectivity index (χ0n) is 13.5. The average Bonchev–Trinajstić information content (AvgIpc) is 3.27. The third-order valence-electron chi connectivity index (χ3n) is 5.07. The van der Waals surface area contributed by atoms with Gasteiger partial charge in [-0.1, -0.05) is 5.21 Å². The molecular formula is C15H19N7O2S. The maximum Gasteiger partial charge on any atom is 0.270 e. The van der Waals surface area contributed by atoms with Crippen molar-refractivity contribution in [1.29, 1.82) is 0 Å². The number of thiazole rings is 1. The Kier molecular flexibility index (Phi) is 4.22. The molecule has 3 aliphatic rings. The van der Waals surface area contributed by atoms with Crippen molar-refractivity contribution < 1.29 is 9.59 Å². The van der Waals surface area contributed by atoms with Crippen LogP contribution in [0, 0.1) is 11.8 Å². The van der Waals surface area contributed by atoms with E-state index in [9.17, 15) is 9.59 Å². The maximum absolute atomic E-state index is 12.5. The molecule has 3 saturated heterocycles. The van der Waals surface area contributed by atoms with Crippen molar-refractivity contribution >= 4 is 28.3 Å². The highest BCUT2D eigenvalue weighted by Gasteiger charge is 2.43. The van der Waals surface area contributed by atoms with E-state index in [1.165, 1.54) is 11.3 Å². The van der Waals surface area contributed by atoms with E-state index in [2.05, 4.69) is 25.5 Å². The molecule has 0 aliphatic carbocycles. The standard InChI is InChI=1S/C15H19N7O2S/c16-13(23)12-8-22(20-19-12)6-10-5-9-1-3-21(10)7-11(9)14(24)18-15-17-2-4-25-15/h2,4,8-11H,1,3,5-7H2,(H2,16,23)(H,17,18,24)/t9-,10-,11-/m1/s1. The number of aromatic nitrogens is 4. The first-order valence-corrected chi connectivity index (χ1v) is 9.12. The highest BCUT2D eigenvalue weighted by atomic mass is 32.1. The molecule has 10 heteroatoms. The summed E-state index contributed by atoms with van der Waals surface area (Å²) in [6.45, 7) is 2.37. The van der Waals surface area contributed by atoms with Crippen LogP contribution in [0.3, 0.4) is 0 Å². The molecule has 25 heavy (non-hydrogen) atoms. The largest absolute Gasteiger partial charge is 0.364 e. The molecule has 2 amide bonds. The number of nitrogens with zero attached hydrogens (tertiary/aromatic N) is 5. The number of fused-ring (bicyclic) bond motifs is 3. The molecule has 2 aromatic rings. The van der Waals surface area contributed by atoms with Crippen molar-refractivity contribution in [2.24, 2.45) is 17.6 Å². The predicted molar refractivity (Wildman–Crippen MR) is 90.9 cm³/mol. The molecule has 3 N–H and O–H groups in total. The van der Waals surface area contributed by atoms with Gasteiger partial charge in [0, 0.05) is 24.2 Å². The molecule has 0 radical (unpaired) electrons. The summed E-state index contributed by atoms with van der Waals surface area (Å²) in [4.78, 5) is 30.1. The number of rotatable bonds is 5. The van der Waals surface area contributed by atoms with Crippen molar-refractivity contribution in [1.82, 2.24) is 24.9 Å². The van der Waals surface area contributed by atoms with Gasteiger partial charge in [0.1, 0.15) is 0 Å². The summed E-state index contributed by atoms with van der Waals surface area (Å²) in [5, 5.41) is 13.2. The van der Waals surface area contributed by atoms with Gasteiger partial charge in [0.15, 0.2) is 10.8 Å². The summed E-state index contributed by atoms with van der Waals surface area (Å²) in [6, 6.07) is 0.296. The number of hydrogen-bond acceptors (Lipinski definition) is 7. The van der Waals surface area contributed by atoms with Crippen LogP contribution >= 0.6 is 11.3 Å². The lowest BCUT2D eigenvalue weighted by atomic mass is 9.75. The topological polar surface area (TPSA) is 119 Å².